The molecule has 0 bridgehead atoms. The zero-order valence-corrected chi connectivity index (χ0v) is 16.2. The lowest BCUT2D eigenvalue weighted by Gasteiger charge is -2.12. The minimum Gasteiger partial charge on any atom is -0.484 e. The summed E-state index contributed by atoms with van der Waals surface area (Å²) in [6, 6.07) is 13.8. The number of hydrogen-bond donors (Lipinski definition) is 2. The number of carbonyl (C=O) groups is 1. The average molecular weight is 392 g/mol. The summed E-state index contributed by atoms with van der Waals surface area (Å²) in [5, 5.41) is 2.65. The highest BCUT2D eigenvalue weighted by molar-refractivity contribution is 7.89. The molecule has 0 atom stereocenters. The van der Waals surface area contributed by atoms with Crippen LogP contribution in [-0.2, 0) is 26.1 Å². The molecule has 27 heavy (non-hydrogen) atoms. The summed E-state index contributed by atoms with van der Waals surface area (Å²) in [6.45, 7) is 2.62. The van der Waals surface area contributed by atoms with E-state index in [-0.39, 0.29) is 24.0 Å². The molecule has 0 aliphatic rings. The Bertz CT molecular complexity index is 854. The fraction of sp³-hybridized carbons (Fsp3) is 0.316. The number of aryl methyl sites for hydroxylation is 1. The van der Waals surface area contributed by atoms with Crippen LogP contribution in [0.5, 0.6) is 5.75 Å². The van der Waals surface area contributed by atoms with Gasteiger partial charge in [0.2, 0.25) is 10.0 Å². The predicted octanol–water partition coefficient (Wildman–Crippen LogP) is 1.61. The standard InChI is InChI=1S/C19H24N2O5S/c1-15-12-17(27(23,24)21-13-16-6-4-3-5-7-16)8-9-18(15)26-14-19(22)20-10-11-25-2/h3-9,12,21H,10-11,13-14H2,1-2H3,(H,20,22). The molecule has 0 spiro atoms. The molecular weight excluding hydrogens is 368 g/mol. The van der Waals surface area contributed by atoms with Crippen molar-refractivity contribution in [3.63, 3.8) is 0 Å². The second-order valence-electron chi connectivity index (χ2n) is 5.87. The molecule has 0 unspecified atom stereocenters. The van der Waals surface area contributed by atoms with E-state index in [9.17, 15) is 13.2 Å². The van der Waals surface area contributed by atoms with Gasteiger partial charge in [-0.15, -0.1) is 0 Å². The maximum atomic E-state index is 12.5. The van der Waals surface area contributed by atoms with Crippen molar-refractivity contribution in [2.45, 2.75) is 18.4 Å². The van der Waals surface area contributed by atoms with Crippen molar-refractivity contribution in [2.24, 2.45) is 0 Å². The van der Waals surface area contributed by atoms with Crippen LogP contribution in [0, 0.1) is 6.92 Å². The van der Waals surface area contributed by atoms with Crippen LogP contribution in [-0.4, -0.2) is 41.2 Å². The molecule has 0 saturated heterocycles. The Hall–Kier alpha value is -2.42. The summed E-state index contributed by atoms with van der Waals surface area (Å²) in [5.41, 5.74) is 1.50. The molecule has 0 radical (unpaired) electrons. The molecule has 7 nitrogen and oxygen atoms in total. The van der Waals surface area contributed by atoms with Gasteiger partial charge >= 0.3 is 0 Å². The summed E-state index contributed by atoms with van der Waals surface area (Å²) in [5.74, 6) is 0.187. The number of hydrogen-bond acceptors (Lipinski definition) is 5. The molecule has 0 saturated carbocycles. The number of ether oxygens (including phenoxy) is 2. The van der Waals surface area contributed by atoms with Crippen molar-refractivity contribution in [1.29, 1.82) is 0 Å². The van der Waals surface area contributed by atoms with E-state index in [0.29, 0.717) is 24.5 Å². The van der Waals surface area contributed by atoms with Gasteiger partial charge in [-0.1, -0.05) is 30.3 Å². The van der Waals surface area contributed by atoms with Crippen LogP contribution in [0.4, 0.5) is 0 Å². The second kappa shape index (κ2) is 10.1. The number of carbonyl (C=O) groups excluding carboxylic acids is 1. The summed E-state index contributed by atoms with van der Waals surface area (Å²) in [4.78, 5) is 11.8. The lowest BCUT2D eigenvalue weighted by Crippen LogP contribution is -2.31. The van der Waals surface area contributed by atoms with Crippen LogP contribution in [0.15, 0.2) is 53.4 Å². The number of nitrogens with one attached hydrogen (secondary N) is 2. The van der Waals surface area contributed by atoms with Gasteiger partial charge in [0.1, 0.15) is 5.75 Å². The van der Waals surface area contributed by atoms with E-state index in [1.165, 1.54) is 12.1 Å². The maximum absolute atomic E-state index is 12.5. The van der Waals surface area contributed by atoms with E-state index in [1.807, 2.05) is 30.3 Å². The van der Waals surface area contributed by atoms with Crippen molar-refractivity contribution in [3.05, 3.63) is 59.7 Å². The smallest absolute Gasteiger partial charge is 0.258 e. The molecule has 0 fully saturated rings. The number of methoxy groups -OCH3 is 1. The fourth-order valence-electron chi connectivity index (χ4n) is 2.30. The van der Waals surface area contributed by atoms with E-state index in [1.54, 1.807) is 20.1 Å². The summed E-state index contributed by atoms with van der Waals surface area (Å²) < 4.78 is 37.8. The first-order valence-electron chi connectivity index (χ1n) is 8.45. The molecule has 2 aromatic rings. The van der Waals surface area contributed by atoms with Gasteiger partial charge in [0.25, 0.3) is 5.91 Å². The van der Waals surface area contributed by atoms with Gasteiger partial charge in [-0.25, -0.2) is 13.1 Å². The zero-order valence-electron chi connectivity index (χ0n) is 15.4. The molecule has 2 N–H and O–H groups in total. The minimum absolute atomic E-state index is 0.146. The van der Waals surface area contributed by atoms with Crippen LogP contribution in [0.25, 0.3) is 0 Å². The molecule has 0 aromatic heterocycles. The van der Waals surface area contributed by atoms with Crippen molar-refractivity contribution in [2.75, 3.05) is 26.9 Å². The molecular formula is C19H24N2O5S. The summed E-state index contributed by atoms with van der Waals surface area (Å²) in [7, 11) is -2.09. The molecule has 2 aromatic carbocycles. The summed E-state index contributed by atoms with van der Waals surface area (Å²) in [6.07, 6.45) is 0. The van der Waals surface area contributed by atoms with Crippen molar-refractivity contribution < 1.29 is 22.7 Å². The largest absolute Gasteiger partial charge is 0.484 e. The number of amides is 1. The number of sulfonamides is 1. The SMILES string of the molecule is COCCNC(=O)COc1ccc(S(=O)(=O)NCc2ccccc2)cc1C. The lowest BCUT2D eigenvalue weighted by molar-refractivity contribution is -0.123. The normalized spacial score (nSPS) is 11.2. The first kappa shape index (κ1) is 20.9. The monoisotopic (exact) mass is 392 g/mol. The minimum atomic E-state index is -3.64. The van der Waals surface area contributed by atoms with Crippen LogP contribution in [0.1, 0.15) is 11.1 Å². The lowest BCUT2D eigenvalue weighted by atomic mass is 10.2. The highest BCUT2D eigenvalue weighted by Crippen LogP contribution is 2.22. The van der Waals surface area contributed by atoms with Crippen molar-refractivity contribution in [3.8, 4) is 5.75 Å². The second-order valence-corrected chi connectivity index (χ2v) is 7.64. The highest BCUT2D eigenvalue weighted by Gasteiger charge is 2.15. The van der Waals surface area contributed by atoms with E-state index in [4.69, 9.17) is 9.47 Å². The molecule has 0 heterocycles. The molecule has 0 aliphatic carbocycles. The van der Waals surface area contributed by atoms with Crippen LogP contribution in [0.2, 0.25) is 0 Å². The van der Waals surface area contributed by atoms with Gasteiger partial charge in [0.05, 0.1) is 11.5 Å². The molecule has 1 amide bonds. The van der Waals surface area contributed by atoms with Gasteiger partial charge in [0, 0.05) is 20.2 Å². The average Bonchev–Trinajstić information content (AvgIpc) is 2.66. The van der Waals surface area contributed by atoms with Gasteiger partial charge < -0.3 is 14.8 Å². The zero-order chi connectivity index (χ0) is 19.7. The topological polar surface area (TPSA) is 93.7 Å². The summed E-state index contributed by atoms with van der Waals surface area (Å²) >= 11 is 0. The quantitative estimate of drug-likeness (QED) is 0.599. The molecule has 0 aliphatic heterocycles. The Morgan fingerprint density at radius 2 is 1.85 bits per heavy atom. The third-order valence-electron chi connectivity index (χ3n) is 3.75. The Morgan fingerprint density at radius 3 is 2.52 bits per heavy atom. The first-order valence-corrected chi connectivity index (χ1v) is 9.93. The van der Waals surface area contributed by atoms with Gasteiger partial charge in [0.15, 0.2) is 6.61 Å². The highest BCUT2D eigenvalue weighted by atomic mass is 32.2. The van der Waals surface area contributed by atoms with Crippen LogP contribution >= 0.6 is 0 Å². The number of benzene rings is 2. The predicted molar refractivity (Wildman–Crippen MR) is 102 cm³/mol. The Morgan fingerprint density at radius 1 is 1.11 bits per heavy atom. The van der Waals surface area contributed by atoms with Gasteiger partial charge in [-0.2, -0.15) is 0 Å². The third kappa shape index (κ3) is 6.67. The van der Waals surface area contributed by atoms with Crippen molar-refractivity contribution >= 4 is 15.9 Å². The first-order chi connectivity index (χ1) is 12.9. The van der Waals surface area contributed by atoms with Crippen LogP contribution < -0.4 is 14.8 Å². The third-order valence-corrected chi connectivity index (χ3v) is 5.15. The van der Waals surface area contributed by atoms with Gasteiger partial charge in [-0.05, 0) is 36.2 Å². The van der Waals surface area contributed by atoms with E-state index >= 15 is 0 Å². The Labute approximate surface area is 159 Å². The van der Waals surface area contributed by atoms with Gasteiger partial charge in [-0.3, -0.25) is 4.79 Å². The number of rotatable bonds is 10. The van der Waals surface area contributed by atoms with E-state index in [2.05, 4.69) is 10.0 Å². The Kier molecular flexibility index (Phi) is 7.78. The molecule has 8 heteroatoms. The molecule has 2 rings (SSSR count). The van der Waals surface area contributed by atoms with Crippen LogP contribution in [0.3, 0.4) is 0 Å². The van der Waals surface area contributed by atoms with Crippen molar-refractivity contribution in [1.82, 2.24) is 10.0 Å². The van der Waals surface area contributed by atoms with E-state index < -0.39 is 10.0 Å². The fourth-order valence-corrected chi connectivity index (χ4v) is 3.40. The molecule has 146 valence electrons. The van der Waals surface area contributed by atoms with E-state index in [0.717, 1.165) is 5.56 Å². The maximum Gasteiger partial charge on any atom is 0.258 e. The Balaban J connectivity index is 1.95.